The topological polar surface area (TPSA) is 88.7 Å². The summed E-state index contributed by atoms with van der Waals surface area (Å²) in [6, 6.07) is 13.1. The number of fused-ring (bicyclic) bond motifs is 2. The maximum absolute atomic E-state index is 14.3. The molecule has 2 aliphatic heterocycles. The molecule has 40 heavy (non-hydrogen) atoms. The number of thiazole rings is 1. The Hall–Kier alpha value is -3.56. The second-order valence-corrected chi connectivity index (χ2v) is 12.0. The highest BCUT2D eigenvalue weighted by molar-refractivity contribution is 7.14. The summed E-state index contributed by atoms with van der Waals surface area (Å²) in [5, 5.41) is 16.5. The van der Waals surface area contributed by atoms with E-state index in [1.54, 1.807) is 17.4 Å². The zero-order chi connectivity index (χ0) is 27.4. The van der Waals surface area contributed by atoms with Crippen molar-refractivity contribution >= 4 is 22.4 Å². The predicted octanol–water partition coefficient (Wildman–Crippen LogP) is 7.20. The number of nitrogens with zero attached hydrogens (tertiary/aromatic N) is 3. The molecule has 0 radical (unpaired) electrons. The fourth-order valence-corrected chi connectivity index (χ4v) is 7.29. The zero-order valence-electron chi connectivity index (χ0n) is 22.2. The largest absolute Gasteiger partial charge is 0.478 e. The molecular weight excluding hydrogens is 529 g/mol. The van der Waals surface area contributed by atoms with Crippen LogP contribution in [-0.4, -0.2) is 39.4 Å². The van der Waals surface area contributed by atoms with Crippen molar-refractivity contribution in [2.24, 2.45) is 0 Å². The van der Waals surface area contributed by atoms with Crippen molar-refractivity contribution < 1.29 is 23.6 Å². The van der Waals surface area contributed by atoms with E-state index < -0.39 is 11.8 Å². The number of piperidine rings is 1. The molecule has 7 rings (SSSR count). The molecule has 1 N–H and O–H groups in total. The maximum atomic E-state index is 14.3. The van der Waals surface area contributed by atoms with Gasteiger partial charge in [0.05, 0.1) is 24.0 Å². The molecule has 1 aliphatic carbocycles. The van der Waals surface area contributed by atoms with Crippen LogP contribution in [0.25, 0.3) is 22.5 Å². The summed E-state index contributed by atoms with van der Waals surface area (Å²) in [6.07, 6.45) is 6.48. The number of anilines is 1. The Bertz CT molecular complexity index is 1560. The first-order chi connectivity index (χ1) is 19.5. The van der Waals surface area contributed by atoms with Crippen molar-refractivity contribution in [1.82, 2.24) is 10.1 Å². The lowest BCUT2D eigenvalue weighted by atomic mass is 9.99. The molecule has 0 amide bonds. The molecule has 2 aromatic carbocycles. The molecule has 1 unspecified atom stereocenters. The lowest BCUT2D eigenvalue weighted by Crippen LogP contribution is -2.45. The van der Waals surface area contributed by atoms with Gasteiger partial charge in [-0.15, -0.1) is 11.3 Å². The molecule has 2 bridgehead atoms. The van der Waals surface area contributed by atoms with Gasteiger partial charge < -0.3 is 19.3 Å². The Morgan fingerprint density at radius 3 is 2.62 bits per heavy atom. The summed E-state index contributed by atoms with van der Waals surface area (Å²) >= 11 is 1.55. The fraction of sp³-hybridized carbons (Fsp3) is 0.387. The van der Waals surface area contributed by atoms with Gasteiger partial charge in [-0.05, 0) is 63.1 Å². The average Bonchev–Trinajstić information content (AvgIpc) is 3.40. The van der Waals surface area contributed by atoms with Gasteiger partial charge in [0, 0.05) is 40.1 Å². The molecule has 0 spiro atoms. The van der Waals surface area contributed by atoms with Gasteiger partial charge in [-0.2, -0.15) is 0 Å². The second kappa shape index (κ2) is 10.1. The quantitative estimate of drug-likeness (QED) is 0.244. The summed E-state index contributed by atoms with van der Waals surface area (Å²) in [5.74, 6) is -0.582. The number of ether oxygens (including phenoxy) is 1. The average molecular weight is 560 g/mol. The normalized spacial score (nSPS) is 22.1. The number of carboxylic acid groups (broad SMARTS) is 1. The Morgan fingerprint density at radius 1 is 1.15 bits per heavy atom. The SMILES string of the molecule is Cc1ccccc1-c1noc(C2CC2)c1COC1C[C@H]2CC[C@@H](C1)N2c1nc(-c2ccc(C(=O)O)c(F)c2)cs1. The molecule has 3 fully saturated rings. The van der Waals surface area contributed by atoms with Crippen LogP contribution in [0.1, 0.15) is 71.7 Å². The zero-order valence-corrected chi connectivity index (χ0v) is 23.0. The third kappa shape index (κ3) is 4.61. The van der Waals surface area contributed by atoms with Crippen LogP contribution < -0.4 is 4.90 Å². The highest BCUT2D eigenvalue weighted by Gasteiger charge is 2.43. The Kier molecular flexibility index (Phi) is 6.43. The van der Waals surface area contributed by atoms with E-state index in [-0.39, 0.29) is 11.7 Å². The number of rotatable bonds is 8. The van der Waals surface area contributed by atoms with Gasteiger partial charge in [-0.1, -0.05) is 35.5 Å². The molecule has 3 atom stereocenters. The van der Waals surface area contributed by atoms with Gasteiger partial charge in [0.15, 0.2) is 5.13 Å². The molecule has 3 aliphatic rings. The minimum absolute atomic E-state index is 0.150. The third-order valence-corrected chi connectivity index (χ3v) is 9.38. The summed E-state index contributed by atoms with van der Waals surface area (Å²) in [5.41, 5.74) is 5.19. The lowest BCUT2D eigenvalue weighted by Gasteiger charge is -2.38. The van der Waals surface area contributed by atoms with Crippen LogP contribution in [0, 0.1) is 12.7 Å². The predicted molar refractivity (Wildman–Crippen MR) is 150 cm³/mol. The van der Waals surface area contributed by atoms with Crippen LogP contribution >= 0.6 is 11.3 Å². The number of hydrogen-bond donors (Lipinski definition) is 1. The monoisotopic (exact) mass is 559 g/mol. The van der Waals surface area contributed by atoms with Crippen molar-refractivity contribution in [3.8, 4) is 22.5 Å². The summed E-state index contributed by atoms with van der Waals surface area (Å²) in [7, 11) is 0. The molecule has 7 nitrogen and oxygen atoms in total. The van der Waals surface area contributed by atoms with E-state index in [2.05, 4.69) is 29.1 Å². The summed E-state index contributed by atoms with van der Waals surface area (Å²) < 4.78 is 26.7. The fourth-order valence-electron chi connectivity index (χ4n) is 6.32. The van der Waals surface area contributed by atoms with Crippen LogP contribution in [0.3, 0.4) is 0 Å². The molecule has 4 heterocycles. The lowest BCUT2D eigenvalue weighted by molar-refractivity contribution is 0.0147. The van der Waals surface area contributed by atoms with E-state index in [0.717, 1.165) is 66.2 Å². The molecule has 4 aromatic rings. The molecule has 2 aromatic heterocycles. The van der Waals surface area contributed by atoms with Gasteiger partial charge in [0.25, 0.3) is 0 Å². The van der Waals surface area contributed by atoms with E-state index in [1.165, 1.54) is 17.7 Å². The Morgan fingerprint density at radius 2 is 1.93 bits per heavy atom. The number of benzene rings is 2. The van der Waals surface area contributed by atoms with E-state index in [0.29, 0.717) is 35.9 Å². The van der Waals surface area contributed by atoms with Crippen LogP contribution in [-0.2, 0) is 11.3 Å². The molecule has 9 heteroatoms. The van der Waals surface area contributed by atoms with Gasteiger partial charge in [0.1, 0.15) is 17.3 Å². The number of carbonyl (C=O) groups is 1. The van der Waals surface area contributed by atoms with Gasteiger partial charge in [0.2, 0.25) is 0 Å². The third-order valence-electron chi connectivity index (χ3n) is 8.53. The van der Waals surface area contributed by atoms with Crippen LogP contribution in [0.4, 0.5) is 9.52 Å². The second-order valence-electron chi connectivity index (χ2n) is 11.2. The van der Waals surface area contributed by atoms with E-state index in [9.17, 15) is 9.18 Å². The number of aromatic carboxylic acids is 1. The molecule has 206 valence electrons. The van der Waals surface area contributed by atoms with Crippen LogP contribution in [0.15, 0.2) is 52.4 Å². The van der Waals surface area contributed by atoms with E-state index in [1.807, 2.05) is 17.5 Å². The smallest absolute Gasteiger partial charge is 0.338 e. The number of aromatic nitrogens is 2. The highest BCUT2D eigenvalue weighted by atomic mass is 32.1. The standard InChI is InChI=1S/C31H30FN3O4S/c1-17-4-2-3-5-23(17)28-25(29(39-34-28)18-6-7-18)15-38-22-13-20-9-10-21(14-22)35(20)31-33-27(16-40-31)19-8-11-24(30(36)37)26(32)12-19/h2-5,8,11-12,16,18,20-22H,6-7,9-10,13-15H2,1H3,(H,36,37)/t20-,21+,22?. The molecule has 1 saturated carbocycles. The Labute approximate surface area is 235 Å². The van der Waals surface area contributed by atoms with Crippen molar-refractivity contribution in [2.45, 2.75) is 76.2 Å². The number of hydrogen-bond acceptors (Lipinski definition) is 7. The van der Waals surface area contributed by atoms with E-state index >= 15 is 0 Å². The van der Waals surface area contributed by atoms with Gasteiger partial charge in [-0.3, -0.25) is 0 Å². The summed E-state index contributed by atoms with van der Waals surface area (Å²) in [4.78, 5) is 18.4. The van der Waals surface area contributed by atoms with Crippen LogP contribution in [0.5, 0.6) is 0 Å². The first-order valence-corrected chi connectivity index (χ1v) is 14.8. The molecular formula is C31H30FN3O4S. The minimum Gasteiger partial charge on any atom is -0.478 e. The minimum atomic E-state index is -1.27. The van der Waals surface area contributed by atoms with Crippen molar-refractivity contribution in [2.75, 3.05) is 4.90 Å². The van der Waals surface area contributed by atoms with Crippen molar-refractivity contribution in [3.63, 3.8) is 0 Å². The highest BCUT2D eigenvalue weighted by Crippen LogP contribution is 2.46. The Balaban J connectivity index is 1.06. The number of carboxylic acids is 1. The first kappa shape index (κ1) is 25.4. The number of aryl methyl sites for hydroxylation is 1. The first-order valence-electron chi connectivity index (χ1n) is 13.9. The van der Waals surface area contributed by atoms with Crippen molar-refractivity contribution in [3.05, 3.63) is 76.1 Å². The molecule has 2 saturated heterocycles. The number of halogens is 1. The summed E-state index contributed by atoms with van der Waals surface area (Å²) in [6.45, 7) is 2.60. The van der Waals surface area contributed by atoms with Gasteiger partial charge in [-0.25, -0.2) is 14.2 Å². The van der Waals surface area contributed by atoms with Gasteiger partial charge >= 0.3 is 5.97 Å². The van der Waals surface area contributed by atoms with E-state index in [4.69, 9.17) is 19.4 Å². The van der Waals surface area contributed by atoms with Crippen LogP contribution in [0.2, 0.25) is 0 Å². The maximum Gasteiger partial charge on any atom is 0.338 e. The van der Waals surface area contributed by atoms with Crippen molar-refractivity contribution in [1.29, 1.82) is 0 Å².